The van der Waals surface area contributed by atoms with E-state index in [-0.39, 0.29) is 13.4 Å². The van der Waals surface area contributed by atoms with Crippen molar-refractivity contribution in [1.29, 1.82) is 0 Å². The molecule has 96 heavy (non-hydrogen) atoms. The van der Waals surface area contributed by atoms with Gasteiger partial charge in [-0.2, -0.15) is 0 Å². The van der Waals surface area contributed by atoms with Crippen LogP contribution in [0.5, 0.6) is 0 Å². The van der Waals surface area contributed by atoms with Gasteiger partial charge in [-0.25, -0.2) is 0 Å². The van der Waals surface area contributed by atoms with Crippen LogP contribution < -0.4 is 52.4 Å². The highest BCUT2D eigenvalue weighted by atomic mass is 15.2. The van der Waals surface area contributed by atoms with E-state index in [9.17, 15) is 0 Å². The normalized spacial score (nSPS) is 12.9. The van der Waals surface area contributed by atoms with E-state index in [0.717, 1.165) is 73.2 Å². The number of fused-ring (bicyclic) bond motifs is 8. The topological polar surface area (TPSA) is 13.0 Å². The van der Waals surface area contributed by atoms with Gasteiger partial charge in [-0.15, -0.1) is 0 Å². The molecule has 0 radical (unpaired) electrons. The molecule has 0 saturated carbocycles. The van der Waals surface area contributed by atoms with Gasteiger partial charge in [0.25, 0.3) is 13.4 Å². The van der Waals surface area contributed by atoms with E-state index < -0.39 is 0 Å². The van der Waals surface area contributed by atoms with Crippen LogP contribution in [-0.2, 0) is 0 Å². The molecule has 4 aliphatic rings. The number of hydrogen-bond donors (Lipinski definition) is 0. The number of benzene rings is 15. The molecule has 0 aliphatic carbocycles. The van der Waals surface area contributed by atoms with E-state index in [1.165, 1.54) is 94.6 Å². The lowest BCUT2D eigenvalue weighted by atomic mass is 9.33. The first-order valence-electron chi connectivity index (χ1n) is 33.3. The molecule has 15 aromatic rings. The summed E-state index contributed by atoms with van der Waals surface area (Å²) in [6.07, 6.45) is 0. The maximum Gasteiger partial charge on any atom is 0.252 e. The quantitative estimate of drug-likeness (QED) is 0.127. The van der Waals surface area contributed by atoms with Gasteiger partial charge < -0.3 is 19.6 Å². The minimum atomic E-state index is -0.101. The summed E-state index contributed by atoms with van der Waals surface area (Å²) in [5, 5.41) is 0. The molecule has 19 rings (SSSR count). The molecule has 446 valence electrons. The van der Waals surface area contributed by atoms with Crippen molar-refractivity contribution in [1.82, 2.24) is 0 Å². The van der Waals surface area contributed by atoms with Crippen LogP contribution in [0.15, 0.2) is 364 Å². The standard InChI is InChI=1S/C90H60B2N4/c1-7-28-61(29-8-1)66-53-67(62-30-9-2-10-31-62)55-68(54-66)70-59-87-90-88(60-70)96(74-40-17-6-18-41-74)84-51-50-65(56-80(84)92(90)79-46-23-26-49-83(79)95(87)73-38-15-5-16-39-73)76-43-20-19-42-75(76)64-33-27-32-63(52-64)69-57-85-89-86(58-69)94(72-36-13-4-14-37-72)82-48-25-22-45-78(82)91(89)77-44-21-24-47-81(77)93(85)71-34-11-3-12-35-71/h1-60H. The van der Waals surface area contributed by atoms with Crippen molar-refractivity contribution in [3.8, 4) is 66.8 Å². The van der Waals surface area contributed by atoms with Crippen molar-refractivity contribution in [2.45, 2.75) is 0 Å². The summed E-state index contributed by atoms with van der Waals surface area (Å²) in [5.41, 5.74) is 35.6. The van der Waals surface area contributed by atoms with E-state index in [1.807, 2.05) is 0 Å². The fourth-order valence-corrected chi connectivity index (χ4v) is 16.0. The SMILES string of the molecule is c1ccc(-c2cc(-c3ccccc3)cc(-c3cc4c5c(c3)N(c3ccccc3)c3ccc(-c6ccccc6-c6cccc(-c7cc8c9c(c7)N(c7ccccc7)c7ccccc7B9c7ccccc7N8c7ccccc7)c6)cc3B5c3ccccc3N4c3ccccc3)c2)cc1. The molecule has 15 aromatic carbocycles. The third kappa shape index (κ3) is 9.01. The highest BCUT2D eigenvalue weighted by Crippen LogP contribution is 2.50. The first-order valence-corrected chi connectivity index (χ1v) is 33.3. The van der Waals surface area contributed by atoms with Gasteiger partial charge in [0.1, 0.15) is 0 Å². The Morgan fingerprint density at radius 3 is 0.833 bits per heavy atom. The van der Waals surface area contributed by atoms with Crippen molar-refractivity contribution in [3.05, 3.63) is 364 Å². The zero-order chi connectivity index (χ0) is 63.2. The van der Waals surface area contributed by atoms with Crippen molar-refractivity contribution in [2.24, 2.45) is 0 Å². The predicted molar refractivity (Wildman–Crippen MR) is 407 cm³/mol. The van der Waals surface area contributed by atoms with Crippen LogP contribution in [0.25, 0.3) is 66.8 Å². The van der Waals surface area contributed by atoms with E-state index in [2.05, 4.69) is 384 Å². The molecule has 0 atom stereocenters. The average Bonchev–Trinajstić information content (AvgIpc) is 0.705. The largest absolute Gasteiger partial charge is 0.311 e. The fourth-order valence-electron chi connectivity index (χ4n) is 16.0. The summed E-state index contributed by atoms with van der Waals surface area (Å²) in [6, 6.07) is 135. The second kappa shape index (κ2) is 22.7. The Kier molecular flexibility index (Phi) is 13.1. The minimum Gasteiger partial charge on any atom is -0.311 e. The first kappa shape index (κ1) is 55.3. The third-order valence-corrected chi connectivity index (χ3v) is 20.1. The Morgan fingerprint density at radius 2 is 0.427 bits per heavy atom. The van der Waals surface area contributed by atoms with E-state index in [0.29, 0.717) is 0 Å². The van der Waals surface area contributed by atoms with E-state index in [1.54, 1.807) is 0 Å². The molecule has 0 aromatic heterocycles. The minimum absolute atomic E-state index is 0.0325. The molecular formula is C90H60B2N4. The second-order valence-corrected chi connectivity index (χ2v) is 25.5. The third-order valence-electron chi connectivity index (χ3n) is 20.1. The van der Waals surface area contributed by atoms with E-state index >= 15 is 0 Å². The Bertz CT molecular complexity index is 5330. The summed E-state index contributed by atoms with van der Waals surface area (Å²) in [7, 11) is 0. The molecule has 0 saturated heterocycles. The lowest BCUT2D eigenvalue weighted by molar-refractivity contribution is 1.25. The van der Waals surface area contributed by atoms with Gasteiger partial charge in [0.2, 0.25) is 0 Å². The monoisotopic (exact) mass is 1220 g/mol. The lowest BCUT2D eigenvalue weighted by Crippen LogP contribution is -2.61. The number of rotatable bonds is 10. The summed E-state index contributed by atoms with van der Waals surface area (Å²) in [4.78, 5) is 10.0. The van der Waals surface area contributed by atoms with Gasteiger partial charge in [0.05, 0.1) is 0 Å². The van der Waals surface area contributed by atoms with Crippen LogP contribution in [-0.4, -0.2) is 13.4 Å². The zero-order valence-electron chi connectivity index (χ0n) is 52.6. The van der Waals surface area contributed by atoms with Gasteiger partial charge in [-0.1, -0.05) is 243 Å². The number of anilines is 12. The molecule has 0 fully saturated rings. The Hall–Kier alpha value is -12.4. The van der Waals surface area contributed by atoms with E-state index in [4.69, 9.17) is 0 Å². The van der Waals surface area contributed by atoms with Crippen molar-refractivity contribution in [3.63, 3.8) is 0 Å². The maximum absolute atomic E-state index is 2.53. The van der Waals surface area contributed by atoms with Gasteiger partial charge in [0, 0.05) is 68.2 Å². The van der Waals surface area contributed by atoms with Crippen molar-refractivity contribution in [2.75, 3.05) is 19.6 Å². The van der Waals surface area contributed by atoms with Crippen LogP contribution in [0.1, 0.15) is 0 Å². The zero-order valence-corrected chi connectivity index (χ0v) is 52.6. The summed E-state index contributed by atoms with van der Waals surface area (Å²) in [5.74, 6) is 0. The van der Waals surface area contributed by atoms with Gasteiger partial charge in [-0.05, 0) is 221 Å². The molecule has 0 N–H and O–H groups in total. The Labute approximate surface area is 561 Å². The molecule has 4 aliphatic heterocycles. The second-order valence-electron chi connectivity index (χ2n) is 25.5. The smallest absolute Gasteiger partial charge is 0.252 e. The Morgan fingerprint density at radius 1 is 0.156 bits per heavy atom. The van der Waals surface area contributed by atoms with Crippen LogP contribution in [0.2, 0.25) is 0 Å². The lowest BCUT2D eigenvalue weighted by Gasteiger charge is -2.44. The van der Waals surface area contributed by atoms with Crippen LogP contribution in [0.4, 0.5) is 68.2 Å². The summed E-state index contributed by atoms with van der Waals surface area (Å²) in [6.45, 7) is -0.0688. The first-order chi connectivity index (χ1) is 47.6. The number of hydrogen-bond acceptors (Lipinski definition) is 4. The highest BCUT2D eigenvalue weighted by molar-refractivity contribution is 7.01. The van der Waals surface area contributed by atoms with Gasteiger partial charge in [0.15, 0.2) is 0 Å². The van der Waals surface area contributed by atoms with Gasteiger partial charge in [-0.3, -0.25) is 0 Å². The fraction of sp³-hybridized carbons (Fsp3) is 0. The molecule has 6 heteroatoms. The molecular weight excluding hydrogens is 1160 g/mol. The Balaban J connectivity index is 0.790. The molecule has 0 spiro atoms. The van der Waals surface area contributed by atoms with Crippen LogP contribution in [0, 0.1) is 0 Å². The average molecular weight is 1220 g/mol. The summed E-state index contributed by atoms with van der Waals surface area (Å²) < 4.78 is 0. The van der Waals surface area contributed by atoms with Crippen molar-refractivity contribution >= 4 is 114 Å². The summed E-state index contributed by atoms with van der Waals surface area (Å²) >= 11 is 0. The number of para-hydroxylation sites is 7. The highest BCUT2D eigenvalue weighted by Gasteiger charge is 2.46. The van der Waals surface area contributed by atoms with Crippen molar-refractivity contribution < 1.29 is 0 Å². The van der Waals surface area contributed by atoms with Crippen LogP contribution >= 0.6 is 0 Å². The predicted octanol–water partition coefficient (Wildman–Crippen LogP) is 19.9. The molecule has 4 nitrogen and oxygen atoms in total. The molecule has 4 heterocycles. The molecule has 0 amide bonds. The van der Waals surface area contributed by atoms with Gasteiger partial charge >= 0.3 is 0 Å². The van der Waals surface area contributed by atoms with Crippen LogP contribution in [0.3, 0.4) is 0 Å². The maximum atomic E-state index is 2.53. The molecule has 0 bridgehead atoms. The number of nitrogens with zero attached hydrogens (tertiary/aromatic N) is 4. The molecule has 0 unspecified atom stereocenters.